The van der Waals surface area contributed by atoms with Gasteiger partial charge in [0.1, 0.15) is 0 Å². The minimum Gasteiger partial charge on any atom is -0.582 e. The molecule has 17 heavy (non-hydrogen) atoms. The molecule has 2 heterocycles. The quantitative estimate of drug-likeness (QED) is 0.631. The summed E-state index contributed by atoms with van der Waals surface area (Å²) in [5.41, 5.74) is 0.743. The predicted molar refractivity (Wildman–Crippen MR) is 68.6 cm³/mol. The van der Waals surface area contributed by atoms with Crippen LogP contribution in [0.2, 0.25) is 0 Å². The molecular formula is C8H7Cl3N4OS. The Morgan fingerprint density at radius 3 is 2.53 bits per heavy atom. The molecule has 0 N–H and O–H groups in total. The molecule has 0 aliphatic heterocycles. The molecule has 0 atom stereocenters. The maximum absolute atomic E-state index is 9.09. The van der Waals surface area contributed by atoms with Crippen molar-refractivity contribution in [2.75, 3.05) is 0 Å². The molecule has 9 heteroatoms. The Balaban J connectivity index is 0.000000317. The maximum Gasteiger partial charge on any atom is 0.198 e. The number of nitrogens with zero attached hydrogens (tertiary/aromatic N) is 4. The summed E-state index contributed by atoms with van der Waals surface area (Å²) in [6, 6.07) is 5.60. The van der Waals surface area contributed by atoms with E-state index in [0.29, 0.717) is 5.88 Å². The van der Waals surface area contributed by atoms with Crippen molar-refractivity contribution in [1.29, 1.82) is 0 Å². The van der Waals surface area contributed by atoms with Gasteiger partial charge in [0.25, 0.3) is 0 Å². The number of halogens is 3. The molecule has 0 saturated carbocycles. The molecule has 2 aromatic rings. The highest BCUT2D eigenvalue weighted by molar-refractivity contribution is 8.31. The molecule has 0 spiro atoms. The lowest BCUT2D eigenvalue weighted by Gasteiger charge is -1.95. The van der Waals surface area contributed by atoms with Crippen molar-refractivity contribution in [3.63, 3.8) is 0 Å². The van der Waals surface area contributed by atoms with E-state index in [1.165, 1.54) is 0 Å². The second kappa shape index (κ2) is 7.73. The monoisotopic (exact) mass is 312 g/mol. The first-order valence-electron chi connectivity index (χ1n) is 4.26. The number of aromatic nitrogens is 4. The fourth-order valence-corrected chi connectivity index (χ4v) is 1.08. The smallest absolute Gasteiger partial charge is 0.198 e. The third kappa shape index (κ3) is 5.56. The van der Waals surface area contributed by atoms with Gasteiger partial charge in [-0.3, -0.25) is 0 Å². The predicted octanol–water partition coefficient (Wildman–Crippen LogP) is 2.44. The van der Waals surface area contributed by atoms with Crippen molar-refractivity contribution in [2.24, 2.45) is 0 Å². The Kier molecular flexibility index (Phi) is 6.61. The summed E-state index contributed by atoms with van der Waals surface area (Å²) in [4.78, 5) is 4.11. The van der Waals surface area contributed by atoms with Crippen molar-refractivity contribution in [3.05, 3.63) is 36.3 Å². The maximum atomic E-state index is 9.09. The first-order valence-corrected chi connectivity index (χ1v) is 7.60. The van der Waals surface area contributed by atoms with E-state index >= 15 is 0 Å². The van der Waals surface area contributed by atoms with Gasteiger partial charge in [0.15, 0.2) is 36.8 Å². The van der Waals surface area contributed by atoms with Crippen molar-refractivity contribution in [1.82, 2.24) is 20.0 Å². The zero-order valence-electron chi connectivity index (χ0n) is 8.33. The fourth-order valence-electron chi connectivity index (χ4n) is 0.961. The molecule has 0 amide bonds. The van der Waals surface area contributed by atoms with Crippen LogP contribution in [0.5, 0.6) is 0 Å². The van der Waals surface area contributed by atoms with Crippen LogP contribution in [0.25, 0.3) is 5.82 Å². The Morgan fingerprint density at radius 2 is 2.06 bits per heavy atom. The first-order chi connectivity index (χ1) is 8.13. The number of alkyl halides is 1. The molecule has 0 radical (unpaired) electrons. The Hall–Kier alpha value is -0.530. The second-order valence-corrected chi connectivity index (χ2v) is 5.45. The van der Waals surface area contributed by atoms with E-state index in [2.05, 4.69) is 36.7 Å². The Labute approximate surface area is 115 Å². The van der Waals surface area contributed by atoms with Crippen LogP contribution < -0.4 is 0 Å². The largest absolute Gasteiger partial charge is 0.582 e. The van der Waals surface area contributed by atoms with E-state index in [-0.39, 0.29) is 0 Å². The SMILES string of the molecule is ClCc1cn(-c2ccccn2)nn1.[O-][S+](Cl)Cl. The van der Waals surface area contributed by atoms with Gasteiger partial charge in [0, 0.05) is 6.20 Å². The lowest BCUT2D eigenvalue weighted by atomic mass is 10.4. The highest BCUT2D eigenvalue weighted by atomic mass is 36.0. The van der Waals surface area contributed by atoms with E-state index in [9.17, 15) is 0 Å². The molecule has 0 aliphatic rings. The van der Waals surface area contributed by atoms with Gasteiger partial charge >= 0.3 is 0 Å². The normalized spacial score (nSPS) is 9.94. The summed E-state index contributed by atoms with van der Waals surface area (Å²) in [5.74, 6) is 1.11. The van der Waals surface area contributed by atoms with Crippen LogP contribution in [-0.4, -0.2) is 24.5 Å². The molecule has 0 fully saturated rings. The van der Waals surface area contributed by atoms with Gasteiger partial charge in [0.05, 0.1) is 17.8 Å². The van der Waals surface area contributed by atoms with Gasteiger partial charge in [-0.1, -0.05) is 11.3 Å². The highest BCUT2D eigenvalue weighted by Gasteiger charge is 2.00. The minimum atomic E-state index is -1.67. The summed E-state index contributed by atoms with van der Waals surface area (Å²) in [6.07, 6.45) is 3.46. The summed E-state index contributed by atoms with van der Waals surface area (Å²) >= 11 is 5.59. The molecule has 0 bridgehead atoms. The van der Waals surface area contributed by atoms with E-state index in [4.69, 9.17) is 16.2 Å². The molecule has 92 valence electrons. The van der Waals surface area contributed by atoms with Gasteiger partial charge in [-0.25, -0.2) is 9.67 Å². The average molecular weight is 314 g/mol. The van der Waals surface area contributed by atoms with Crippen LogP contribution in [0.15, 0.2) is 30.6 Å². The first kappa shape index (κ1) is 14.5. The summed E-state index contributed by atoms with van der Waals surface area (Å²) in [7, 11) is 7.36. The van der Waals surface area contributed by atoms with E-state index in [0.717, 1.165) is 11.5 Å². The lowest BCUT2D eigenvalue weighted by molar-refractivity contribution is 0.620. The summed E-state index contributed by atoms with van der Waals surface area (Å²) in [5, 5.41) is 7.73. The number of hydrogen-bond donors (Lipinski definition) is 0. The van der Waals surface area contributed by atoms with Crippen molar-refractivity contribution in [3.8, 4) is 5.82 Å². The van der Waals surface area contributed by atoms with Crippen molar-refractivity contribution in [2.45, 2.75) is 5.88 Å². The highest BCUT2D eigenvalue weighted by Crippen LogP contribution is 2.03. The van der Waals surface area contributed by atoms with Gasteiger partial charge in [0.2, 0.25) is 0 Å². The number of pyridine rings is 1. The second-order valence-electron chi connectivity index (χ2n) is 2.66. The summed E-state index contributed by atoms with van der Waals surface area (Å²) in [6.45, 7) is 0. The molecule has 2 rings (SSSR count). The lowest BCUT2D eigenvalue weighted by Crippen LogP contribution is -1.96. The number of rotatable bonds is 2. The zero-order chi connectivity index (χ0) is 12.7. The van der Waals surface area contributed by atoms with E-state index in [1.54, 1.807) is 17.1 Å². The van der Waals surface area contributed by atoms with Crippen LogP contribution in [-0.2, 0) is 15.5 Å². The molecular weight excluding hydrogens is 307 g/mol. The molecule has 0 unspecified atom stereocenters. The minimum absolute atomic E-state index is 0.368. The fraction of sp³-hybridized carbons (Fsp3) is 0.125. The Bertz CT molecular complexity index is 437. The zero-order valence-corrected chi connectivity index (χ0v) is 11.4. The van der Waals surface area contributed by atoms with Crippen LogP contribution in [0.4, 0.5) is 0 Å². The van der Waals surface area contributed by atoms with E-state index < -0.39 is 9.60 Å². The molecule has 2 aromatic heterocycles. The summed E-state index contributed by atoms with van der Waals surface area (Å²) < 4.78 is 10.7. The van der Waals surface area contributed by atoms with Gasteiger partial charge < -0.3 is 4.55 Å². The van der Waals surface area contributed by atoms with Gasteiger partial charge in [-0.2, -0.15) is 0 Å². The van der Waals surface area contributed by atoms with Crippen LogP contribution in [0, 0.1) is 0 Å². The third-order valence-corrected chi connectivity index (χ3v) is 1.84. The molecule has 0 aliphatic carbocycles. The molecule has 0 aromatic carbocycles. The topological polar surface area (TPSA) is 66.7 Å². The third-order valence-electron chi connectivity index (χ3n) is 1.56. The van der Waals surface area contributed by atoms with Gasteiger partial charge in [-0.15, -0.1) is 16.7 Å². The van der Waals surface area contributed by atoms with E-state index in [1.807, 2.05) is 18.2 Å². The molecule has 0 saturated heterocycles. The molecule has 5 nitrogen and oxygen atoms in total. The van der Waals surface area contributed by atoms with Gasteiger partial charge in [-0.05, 0) is 12.1 Å². The van der Waals surface area contributed by atoms with Crippen LogP contribution in [0.1, 0.15) is 5.69 Å². The van der Waals surface area contributed by atoms with Crippen LogP contribution in [0.3, 0.4) is 0 Å². The Morgan fingerprint density at radius 1 is 1.35 bits per heavy atom. The van der Waals surface area contributed by atoms with Crippen molar-refractivity contribution < 1.29 is 4.55 Å². The van der Waals surface area contributed by atoms with Crippen molar-refractivity contribution >= 4 is 42.6 Å². The number of hydrogen-bond acceptors (Lipinski definition) is 4. The standard InChI is InChI=1S/C8H7ClN4.Cl2OS/c9-5-7-6-13(12-11-7)8-3-1-2-4-10-8;1-4(2)3/h1-4,6H,5H2;. The van der Waals surface area contributed by atoms with Crippen LogP contribution >= 0.6 is 33.0 Å². The average Bonchev–Trinajstić information content (AvgIpc) is 2.78.